The molecule has 0 bridgehead atoms. The lowest BCUT2D eigenvalue weighted by Gasteiger charge is -2.05. The van der Waals surface area contributed by atoms with Gasteiger partial charge in [0.05, 0.1) is 7.05 Å². The minimum Gasteiger partial charge on any atom is -0.156 e. The van der Waals surface area contributed by atoms with Crippen molar-refractivity contribution in [1.82, 2.24) is 4.68 Å². The Labute approximate surface area is 126 Å². The second-order valence-corrected chi connectivity index (χ2v) is 5.65. The summed E-state index contributed by atoms with van der Waals surface area (Å²) >= 11 is 0. The number of nitrogens with zero attached hydrogens (tertiary/aromatic N) is 2. The third kappa shape index (κ3) is 2.38. The topological polar surface area (TPSA) is 8.81 Å². The van der Waals surface area contributed by atoms with Crippen LogP contribution in [0.25, 0.3) is 22.5 Å². The van der Waals surface area contributed by atoms with E-state index in [-0.39, 0.29) is 0 Å². The van der Waals surface area contributed by atoms with Crippen molar-refractivity contribution < 1.29 is 4.68 Å². The van der Waals surface area contributed by atoms with Gasteiger partial charge in [-0.05, 0) is 37.6 Å². The molecule has 0 saturated carbocycles. The SMILES string of the molecule is Cc1ccc(C)c(-c2cc(-c3ccccc3)[n+](C)n2C)c1. The fourth-order valence-corrected chi connectivity index (χ4v) is 2.78. The van der Waals surface area contributed by atoms with E-state index in [0.29, 0.717) is 0 Å². The Kier molecular flexibility index (Phi) is 3.38. The third-order valence-electron chi connectivity index (χ3n) is 4.16. The van der Waals surface area contributed by atoms with Crippen molar-refractivity contribution in [2.75, 3.05) is 0 Å². The van der Waals surface area contributed by atoms with Crippen LogP contribution in [0.4, 0.5) is 0 Å². The van der Waals surface area contributed by atoms with Crippen LogP contribution in [0.15, 0.2) is 54.6 Å². The molecule has 2 nitrogen and oxygen atoms in total. The smallest absolute Gasteiger partial charge is 0.156 e. The molecule has 1 heterocycles. The van der Waals surface area contributed by atoms with Crippen molar-refractivity contribution in [3.05, 3.63) is 65.7 Å². The molecule has 0 spiro atoms. The zero-order valence-electron chi connectivity index (χ0n) is 13.1. The molecule has 1 aromatic heterocycles. The standard InChI is InChI=1S/C19H21N2/c1-14-10-11-15(2)17(12-14)19-13-18(20(3)21(19)4)16-8-6-5-7-9-16/h5-13H,1-4H3/q+1. The van der Waals surface area contributed by atoms with Crippen molar-refractivity contribution in [2.45, 2.75) is 13.8 Å². The zero-order chi connectivity index (χ0) is 15.0. The molecule has 0 radical (unpaired) electrons. The van der Waals surface area contributed by atoms with Crippen LogP contribution in [0, 0.1) is 13.8 Å². The van der Waals surface area contributed by atoms with Crippen LogP contribution < -0.4 is 4.68 Å². The molecule has 0 fully saturated rings. The van der Waals surface area contributed by atoms with Gasteiger partial charge in [0.15, 0.2) is 7.05 Å². The van der Waals surface area contributed by atoms with Gasteiger partial charge in [-0.3, -0.25) is 0 Å². The fourth-order valence-electron chi connectivity index (χ4n) is 2.78. The van der Waals surface area contributed by atoms with Crippen LogP contribution in [0.5, 0.6) is 0 Å². The van der Waals surface area contributed by atoms with E-state index in [4.69, 9.17) is 0 Å². The Bertz CT molecular complexity index is 783. The first-order valence-corrected chi connectivity index (χ1v) is 7.27. The third-order valence-corrected chi connectivity index (χ3v) is 4.16. The number of rotatable bonds is 2. The molecule has 106 valence electrons. The summed E-state index contributed by atoms with van der Waals surface area (Å²) in [6.45, 7) is 4.31. The Balaban J connectivity index is 2.20. The van der Waals surface area contributed by atoms with Crippen LogP contribution in [-0.4, -0.2) is 4.68 Å². The minimum atomic E-state index is 1.23. The van der Waals surface area contributed by atoms with Gasteiger partial charge < -0.3 is 0 Å². The highest BCUT2D eigenvalue weighted by molar-refractivity contribution is 5.69. The van der Waals surface area contributed by atoms with Crippen molar-refractivity contribution in [3.8, 4) is 22.5 Å². The van der Waals surface area contributed by atoms with Gasteiger partial charge in [-0.1, -0.05) is 35.9 Å². The van der Waals surface area contributed by atoms with Crippen molar-refractivity contribution in [2.24, 2.45) is 14.1 Å². The van der Waals surface area contributed by atoms with E-state index in [1.54, 1.807) is 0 Å². The van der Waals surface area contributed by atoms with E-state index < -0.39 is 0 Å². The summed E-state index contributed by atoms with van der Waals surface area (Å²) < 4.78 is 4.41. The molecule has 0 amide bonds. The Morgan fingerprint density at radius 2 is 1.62 bits per heavy atom. The van der Waals surface area contributed by atoms with Crippen LogP contribution in [0.2, 0.25) is 0 Å². The number of aromatic nitrogens is 2. The second-order valence-electron chi connectivity index (χ2n) is 5.65. The number of hydrogen-bond acceptors (Lipinski definition) is 0. The Morgan fingerprint density at radius 3 is 2.33 bits per heavy atom. The quantitative estimate of drug-likeness (QED) is 0.630. The van der Waals surface area contributed by atoms with Crippen LogP contribution >= 0.6 is 0 Å². The second kappa shape index (κ2) is 5.21. The largest absolute Gasteiger partial charge is 0.238 e. The minimum absolute atomic E-state index is 1.23. The summed E-state index contributed by atoms with van der Waals surface area (Å²) in [4.78, 5) is 0. The molecule has 2 heteroatoms. The van der Waals surface area contributed by atoms with Gasteiger partial charge in [0.2, 0.25) is 5.69 Å². The lowest BCUT2D eigenvalue weighted by Crippen LogP contribution is -2.39. The molecule has 0 saturated heterocycles. The highest BCUT2D eigenvalue weighted by atomic mass is 15.4. The highest BCUT2D eigenvalue weighted by Crippen LogP contribution is 2.27. The number of hydrogen-bond donors (Lipinski definition) is 0. The van der Waals surface area contributed by atoms with Crippen LogP contribution in [0.3, 0.4) is 0 Å². The molecular formula is C19H21N2+. The molecule has 0 unspecified atom stereocenters. The van der Waals surface area contributed by atoms with Crippen molar-refractivity contribution in [1.29, 1.82) is 0 Å². The first kappa shape index (κ1) is 13.6. The summed E-state index contributed by atoms with van der Waals surface area (Å²) in [6.07, 6.45) is 0. The first-order chi connectivity index (χ1) is 10.1. The van der Waals surface area contributed by atoms with Crippen LogP contribution in [-0.2, 0) is 14.1 Å². The van der Waals surface area contributed by atoms with Gasteiger partial charge in [-0.2, -0.15) is 4.68 Å². The maximum atomic E-state index is 2.27. The molecule has 0 aliphatic carbocycles. The van der Waals surface area contributed by atoms with Gasteiger partial charge in [-0.25, -0.2) is 0 Å². The van der Waals surface area contributed by atoms with Gasteiger partial charge in [0, 0.05) is 17.2 Å². The monoisotopic (exact) mass is 277 g/mol. The average molecular weight is 277 g/mol. The normalized spacial score (nSPS) is 10.9. The summed E-state index contributed by atoms with van der Waals surface area (Å²) in [7, 11) is 4.22. The molecule has 21 heavy (non-hydrogen) atoms. The summed E-state index contributed by atoms with van der Waals surface area (Å²) in [6, 6.07) is 19.4. The summed E-state index contributed by atoms with van der Waals surface area (Å²) in [5.41, 5.74) is 7.62. The zero-order valence-corrected chi connectivity index (χ0v) is 13.1. The van der Waals surface area contributed by atoms with E-state index in [1.807, 2.05) is 0 Å². The molecule has 0 N–H and O–H groups in total. The predicted octanol–water partition coefficient (Wildman–Crippen LogP) is 3.80. The summed E-state index contributed by atoms with van der Waals surface area (Å²) in [5.74, 6) is 0. The average Bonchev–Trinajstić information content (AvgIpc) is 2.79. The van der Waals surface area contributed by atoms with E-state index in [1.165, 1.54) is 33.6 Å². The Hall–Kier alpha value is -2.35. The van der Waals surface area contributed by atoms with Crippen molar-refractivity contribution in [3.63, 3.8) is 0 Å². The summed E-state index contributed by atoms with van der Waals surface area (Å²) in [5, 5.41) is 0. The van der Waals surface area contributed by atoms with Crippen LogP contribution in [0.1, 0.15) is 11.1 Å². The van der Waals surface area contributed by atoms with E-state index in [2.05, 4.69) is 91.9 Å². The van der Waals surface area contributed by atoms with Crippen molar-refractivity contribution >= 4 is 0 Å². The molecule has 2 aromatic carbocycles. The first-order valence-electron chi connectivity index (χ1n) is 7.27. The molecule has 0 atom stereocenters. The van der Waals surface area contributed by atoms with E-state index in [0.717, 1.165) is 0 Å². The lowest BCUT2D eigenvalue weighted by molar-refractivity contribution is -0.740. The van der Waals surface area contributed by atoms with E-state index >= 15 is 0 Å². The molecule has 0 aliphatic heterocycles. The van der Waals surface area contributed by atoms with Gasteiger partial charge >= 0.3 is 0 Å². The lowest BCUT2D eigenvalue weighted by atomic mass is 10.0. The molecule has 0 aliphatic rings. The number of benzene rings is 2. The van der Waals surface area contributed by atoms with E-state index in [9.17, 15) is 0 Å². The predicted molar refractivity (Wildman–Crippen MR) is 86.9 cm³/mol. The van der Waals surface area contributed by atoms with Gasteiger partial charge in [0.25, 0.3) is 0 Å². The number of aryl methyl sites for hydroxylation is 2. The fraction of sp³-hybridized carbons (Fsp3) is 0.211. The van der Waals surface area contributed by atoms with Gasteiger partial charge in [-0.15, -0.1) is 4.68 Å². The molecular weight excluding hydrogens is 256 g/mol. The Morgan fingerprint density at radius 1 is 0.905 bits per heavy atom. The molecule has 3 aromatic rings. The highest BCUT2D eigenvalue weighted by Gasteiger charge is 2.20. The van der Waals surface area contributed by atoms with Gasteiger partial charge in [0.1, 0.15) is 5.69 Å². The maximum Gasteiger partial charge on any atom is 0.238 e. The molecule has 3 rings (SSSR count). The maximum absolute atomic E-state index is 2.27.